The van der Waals surface area contributed by atoms with Crippen molar-refractivity contribution in [3.63, 3.8) is 0 Å². The first-order valence-corrected chi connectivity index (χ1v) is 7.38. The van der Waals surface area contributed by atoms with Gasteiger partial charge in [-0.2, -0.15) is 0 Å². The molecule has 1 amide bonds. The Morgan fingerprint density at radius 2 is 1.82 bits per heavy atom. The van der Waals surface area contributed by atoms with Crippen molar-refractivity contribution in [2.75, 3.05) is 12.4 Å². The van der Waals surface area contributed by atoms with Gasteiger partial charge >= 0.3 is 0 Å². The van der Waals surface area contributed by atoms with E-state index >= 15 is 0 Å². The molecule has 0 atom stereocenters. The second kappa shape index (κ2) is 7.45. The van der Waals surface area contributed by atoms with Gasteiger partial charge in [-0.25, -0.2) is 0 Å². The zero-order valence-corrected chi connectivity index (χ0v) is 13.9. The third kappa shape index (κ3) is 4.10. The summed E-state index contributed by atoms with van der Waals surface area (Å²) >= 11 is 17.1. The lowest BCUT2D eigenvalue weighted by atomic mass is 10.2. The van der Waals surface area contributed by atoms with E-state index in [1.807, 2.05) is 0 Å². The lowest BCUT2D eigenvalue weighted by Crippen LogP contribution is -2.34. The minimum Gasteiger partial charge on any atom is -0.497 e. The number of ether oxygens (including phenoxy) is 1. The zero-order valence-electron chi connectivity index (χ0n) is 11.5. The van der Waals surface area contributed by atoms with Crippen molar-refractivity contribution in [1.82, 2.24) is 5.32 Å². The van der Waals surface area contributed by atoms with E-state index in [-0.39, 0.29) is 11.0 Å². The van der Waals surface area contributed by atoms with Gasteiger partial charge in [0.05, 0.1) is 22.8 Å². The van der Waals surface area contributed by atoms with Gasteiger partial charge in [-0.3, -0.25) is 10.1 Å². The van der Waals surface area contributed by atoms with Crippen LogP contribution in [0.15, 0.2) is 42.5 Å². The number of hydrogen-bond acceptors (Lipinski definition) is 3. The van der Waals surface area contributed by atoms with Crippen LogP contribution in [-0.4, -0.2) is 18.1 Å². The van der Waals surface area contributed by atoms with Crippen LogP contribution >= 0.6 is 35.4 Å². The predicted octanol–water partition coefficient (Wildman–Crippen LogP) is 4.13. The summed E-state index contributed by atoms with van der Waals surface area (Å²) < 4.78 is 5.04. The Hall–Kier alpha value is -1.82. The second-order valence-electron chi connectivity index (χ2n) is 4.24. The number of nitrogens with one attached hydrogen (secondary N) is 2. The van der Waals surface area contributed by atoms with E-state index < -0.39 is 0 Å². The Morgan fingerprint density at radius 3 is 2.45 bits per heavy atom. The topological polar surface area (TPSA) is 50.4 Å². The molecule has 2 aromatic carbocycles. The molecule has 0 saturated heterocycles. The Labute approximate surface area is 143 Å². The fourth-order valence-corrected chi connectivity index (χ4v) is 2.22. The highest BCUT2D eigenvalue weighted by atomic mass is 35.5. The van der Waals surface area contributed by atoms with Gasteiger partial charge in [0.1, 0.15) is 5.75 Å². The highest BCUT2D eigenvalue weighted by Gasteiger charge is 2.10. The summed E-state index contributed by atoms with van der Waals surface area (Å²) in [4.78, 5) is 12.1. The van der Waals surface area contributed by atoms with Crippen molar-refractivity contribution >= 4 is 52.1 Å². The second-order valence-corrected chi connectivity index (χ2v) is 5.43. The molecule has 2 aromatic rings. The van der Waals surface area contributed by atoms with Gasteiger partial charge in [0.2, 0.25) is 0 Å². The number of methoxy groups -OCH3 is 1. The smallest absolute Gasteiger partial charge is 0.257 e. The quantitative estimate of drug-likeness (QED) is 0.813. The molecule has 0 bridgehead atoms. The third-order valence-corrected chi connectivity index (χ3v) is 3.80. The number of carbonyl (C=O) groups excluding carboxylic acids is 1. The number of halogens is 2. The summed E-state index contributed by atoms with van der Waals surface area (Å²) in [7, 11) is 1.56. The van der Waals surface area contributed by atoms with Gasteiger partial charge in [-0.1, -0.05) is 29.3 Å². The molecule has 0 heterocycles. The van der Waals surface area contributed by atoms with Crippen LogP contribution in [0.25, 0.3) is 0 Å². The number of amides is 1. The van der Waals surface area contributed by atoms with Crippen molar-refractivity contribution in [3.05, 3.63) is 58.1 Å². The molecule has 114 valence electrons. The third-order valence-electron chi connectivity index (χ3n) is 2.78. The molecular weight excluding hydrogens is 343 g/mol. The Morgan fingerprint density at radius 1 is 1.14 bits per heavy atom. The van der Waals surface area contributed by atoms with Crippen LogP contribution in [0.3, 0.4) is 0 Å². The summed E-state index contributed by atoms with van der Waals surface area (Å²) in [5, 5.41) is 6.27. The Bertz CT molecular complexity index is 705. The zero-order chi connectivity index (χ0) is 16.1. The molecule has 7 heteroatoms. The first kappa shape index (κ1) is 16.5. The monoisotopic (exact) mass is 354 g/mol. The van der Waals surface area contributed by atoms with Gasteiger partial charge in [-0.15, -0.1) is 0 Å². The molecule has 0 radical (unpaired) electrons. The molecule has 0 unspecified atom stereocenters. The van der Waals surface area contributed by atoms with Crippen molar-refractivity contribution in [3.8, 4) is 5.75 Å². The van der Waals surface area contributed by atoms with E-state index in [1.54, 1.807) is 49.6 Å². The minimum absolute atomic E-state index is 0.130. The maximum atomic E-state index is 12.1. The van der Waals surface area contributed by atoms with Gasteiger partial charge in [0.15, 0.2) is 5.11 Å². The number of benzene rings is 2. The molecular formula is C15H12Cl2N2O2S. The number of thiocarbonyl (C=S) groups is 1. The fraction of sp³-hybridized carbons (Fsp3) is 0.0667. The van der Waals surface area contributed by atoms with Crippen LogP contribution in [0, 0.1) is 0 Å². The summed E-state index contributed by atoms with van der Waals surface area (Å²) in [5.41, 5.74) is 0.983. The molecule has 0 fully saturated rings. The highest BCUT2D eigenvalue weighted by molar-refractivity contribution is 7.80. The number of carbonyl (C=O) groups is 1. The predicted molar refractivity (Wildman–Crippen MR) is 93.1 cm³/mol. The molecule has 0 aromatic heterocycles. The summed E-state index contributed by atoms with van der Waals surface area (Å²) in [6.45, 7) is 0. The molecule has 0 saturated carbocycles. The van der Waals surface area contributed by atoms with Gasteiger partial charge in [-0.05, 0) is 48.6 Å². The van der Waals surface area contributed by atoms with Crippen molar-refractivity contribution < 1.29 is 9.53 Å². The first-order valence-electron chi connectivity index (χ1n) is 6.21. The molecule has 4 nitrogen and oxygen atoms in total. The van der Waals surface area contributed by atoms with Crippen LogP contribution in [0.2, 0.25) is 10.0 Å². The van der Waals surface area contributed by atoms with Crippen molar-refractivity contribution in [2.45, 2.75) is 0 Å². The lowest BCUT2D eigenvalue weighted by molar-refractivity contribution is 0.0977. The molecule has 2 rings (SSSR count). The summed E-state index contributed by atoms with van der Waals surface area (Å²) in [6, 6.07) is 11.8. The van der Waals surface area contributed by atoms with E-state index in [4.69, 9.17) is 40.2 Å². The maximum Gasteiger partial charge on any atom is 0.257 e. The minimum atomic E-state index is -0.335. The molecule has 2 N–H and O–H groups in total. The highest BCUT2D eigenvalue weighted by Crippen LogP contribution is 2.29. The van der Waals surface area contributed by atoms with E-state index in [9.17, 15) is 4.79 Å². The number of anilines is 1. The Balaban J connectivity index is 2.01. The molecule has 0 aliphatic rings. The largest absolute Gasteiger partial charge is 0.497 e. The number of rotatable bonds is 3. The normalized spacial score (nSPS) is 9.95. The Kier molecular flexibility index (Phi) is 5.60. The van der Waals surface area contributed by atoms with Gasteiger partial charge < -0.3 is 10.1 Å². The van der Waals surface area contributed by atoms with Gasteiger partial charge in [0, 0.05) is 5.56 Å². The van der Waals surface area contributed by atoms with E-state index in [0.717, 1.165) is 0 Å². The molecule has 0 aliphatic carbocycles. The lowest BCUT2D eigenvalue weighted by Gasteiger charge is -2.11. The average molecular weight is 355 g/mol. The standard InChI is InChI=1S/C15H12Cl2N2O2S/c1-21-10-7-5-9(6-8-10)14(20)19-15(22)18-12-4-2-3-11(16)13(12)17/h2-8H,1H3,(H2,18,19,20,22). The summed E-state index contributed by atoms with van der Waals surface area (Å²) in [5.74, 6) is 0.335. The van der Waals surface area contributed by atoms with E-state index in [2.05, 4.69) is 10.6 Å². The van der Waals surface area contributed by atoms with E-state index in [0.29, 0.717) is 27.0 Å². The van der Waals surface area contributed by atoms with Crippen LogP contribution < -0.4 is 15.4 Å². The van der Waals surface area contributed by atoms with Crippen LogP contribution in [-0.2, 0) is 0 Å². The van der Waals surface area contributed by atoms with Crippen molar-refractivity contribution in [2.24, 2.45) is 0 Å². The van der Waals surface area contributed by atoms with Crippen LogP contribution in [0.4, 0.5) is 5.69 Å². The van der Waals surface area contributed by atoms with Crippen molar-refractivity contribution in [1.29, 1.82) is 0 Å². The molecule has 22 heavy (non-hydrogen) atoms. The molecule has 0 spiro atoms. The van der Waals surface area contributed by atoms with E-state index in [1.165, 1.54) is 0 Å². The first-order chi connectivity index (χ1) is 10.5. The SMILES string of the molecule is COc1ccc(C(=O)NC(=S)Nc2cccc(Cl)c2Cl)cc1. The molecule has 0 aliphatic heterocycles. The fourth-order valence-electron chi connectivity index (χ4n) is 1.67. The average Bonchev–Trinajstić information content (AvgIpc) is 2.52. The number of hydrogen-bond donors (Lipinski definition) is 2. The summed E-state index contributed by atoms with van der Waals surface area (Å²) in [6.07, 6.45) is 0. The van der Waals surface area contributed by atoms with Crippen LogP contribution in [0.5, 0.6) is 5.75 Å². The van der Waals surface area contributed by atoms with Crippen LogP contribution in [0.1, 0.15) is 10.4 Å². The maximum absolute atomic E-state index is 12.1. The van der Waals surface area contributed by atoms with Gasteiger partial charge in [0.25, 0.3) is 5.91 Å².